The summed E-state index contributed by atoms with van der Waals surface area (Å²) in [6, 6.07) is 1.99. The summed E-state index contributed by atoms with van der Waals surface area (Å²) in [5.41, 5.74) is 2.93. The van der Waals surface area contributed by atoms with Crippen LogP contribution in [0.15, 0.2) is 11.2 Å². The van der Waals surface area contributed by atoms with Crippen LogP contribution >= 0.6 is 11.8 Å². The fourth-order valence-corrected chi connectivity index (χ4v) is 6.64. The highest BCUT2D eigenvalue weighted by Gasteiger charge is 2.29. The first-order valence-corrected chi connectivity index (χ1v) is 13.3. The summed E-state index contributed by atoms with van der Waals surface area (Å²) in [7, 11) is -1.02. The summed E-state index contributed by atoms with van der Waals surface area (Å²) in [5.74, 6) is 2.39. The summed E-state index contributed by atoms with van der Waals surface area (Å²) in [6.45, 7) is 9.41. The number of rotatable bonds is 9. The van der Waals surface area contributed by atoms with Crippen molar-refractivity contribution in [1.82, 2.24) is 19.3 Å². The van der Waals surface area contributed by atoms with Gasteiger partial charge in [-0.3, -0.25) is 4.79 Å². The summed E-state index contributed by atoms with van der Waals surface area (Å²) in [6.07, 6.45) is 2.37. The van der Waals surface area contributed by atoms with Crippen LogP contribution in [0, 0.1) is 25.7 Å². The Morgan fingerprint density at radius 1 is 1.30 bits per heavy atom. The number of aromatic nitrogens is 4. The molecule has 1 atom stereocenters. The molecule has 1 aliphatic rings. The number of ketones is 1. The number of nitrogens with zero attached hydrogens (tertiary/aromatic N) is 4. The lowest BCUT2D eigenvalue weighted by atomic mass is 10.1. The molecular formula is C21H32N4O3S2. The van der Waals surface area contributed by atoms with Gasteiger partial charge >= 0.3 is 0 Å². The number of thioether (sulfide) groups is 1. The number of carbonyl (C=O) groups excluding carboxylic acids is 1. The van der Waals surface area contributed by atoms with Crippen molar-refractivity contribution in [3.8, 4) is 0 Å². The molecule has 0 saturated carbocycles. The first-order valence-electron chi connectivity index (χ1n) is 10.5. The molecule has 7 nitrogen and oxygen atoms in total. The zero-order chi connectivity index (χ0) is 22.1. The average Bonchev–Trinajstić information content (AvgIpc) is 3.28. The lowest BCUT2D eigenvalue weighted by Gasteiger charge is -2.11. The summed E-state index contributed by atoms with van der Waals surface area (Å²) < 4.78 is 27.5. The van der Waals surface area contributed by atoms with E-state index < -0.39 is 9.84 Å². The monoisotopic (exact) mass is 452 g/mol. The molecule has 0 aromatic carbocycles. The van der Waals surface area contributed by atoms with Crippen molar-refractivity contribution in [2.45, 2.75) is 58.7 Å². The Kier molecular flexibility index (Phi) is 7.12. The molecule has 2 aromatic heterocycles. The molecule has 1 unspecified atom stereocenters. The van der Waals surface area contributed by atoms with E-state index in [1.54, 1.807) is 0 Å². The van der Waals surface area contributed by atoms with E-state index in [1.165, 1.54) is 11.8 Å². The molecular weight excluding hydrogens is 420 g/mol. The Balaban J connectivity index is 1.62. The van der Waals surface area contributed by atoms with Gasteiger partial charge in [-0.05, 0) is 44.6 Å². The van der Waals surface area contributed by atoms with Crippen LogP contribution in [0.25, 0.3) is 0 Å². The molecule has 166 valence electrons. The summed E-state index contributed by atoms with van der Waals surface area (Å²) in [4.78, 5) is 12.9. The third-order valence-corrected chi connectivity index (χ3v) is 8.72. The molecule has 3 heterocycles. The fourth-order valence-electron chi connectivity index (χ4n) is 3.96. The molecule has 0 radical (unpaired) electrons. The highest BCUT2D eigenvalue weighted by molar-refractivity contribution is 7.99. The smallest absolute Gasteiger partial charge is 0.191 e. The maximum absolute atomic E-state index is 12.9. The Bertz CT molecular complexity index is 1020. The van der Waals surface area contributed by atoms with Gasteiger partial charge in [-0.1, -0.05) is 25.6 Å². The van der Waals surface area contributed by atoms with Gasteiger partial charge in [0.05, 0.1) is 17.3 Å². The molecule has 0 N–H and O–H groups in total. The first kappa shape index (κ1) is 23.1. The first-order chi connectivity index (χ1) is 14.1. The van der Waals surface area contributed by atoms with Crippen LogP contribution < -0.4 is 0 Å². The van der Waals surface area contributed by atoms with Crippen LogP contribution in [-0.2, 0) is 29.9 Å². The molecule has 0 spiro atoms. The van der Waals surface area contributed by atoms with Crippen molar-refractivity contribution in [2.75, 3.05) is 17.3 Å². The number of hydrogen-bond acceptors (Lipinski definition) is 6. The molecule has 1 aliphatic heterocycles. The number of sulfone groups is 1. The Labute approximate surface area is 183 Å². The van der Waals surface area contributed by atoms with E-state index in [1.807, 2.05) is 24.6 Å². The van der Waals surface area contributed by atoms with Gasteiger partial charge in [-0.2, -0.15) is 0 Å². The highest BCUT2D eigenvalue weighted by atomic mass is 32.2. The highest BCUT2D eigenvalue weighted by Crippen LogP contribution is 2.25. The molecule has 9 heteroatoms. The Morgan fingerprint density at radius 2 is 2.03 bits per heavy atom. The Morgan fingerprint density at radius 3 is 2.67 bits per heavy atom. The minimum atomic E-state index is -2.90. The lowest BCUT2D eigenvalue weighted by molar-refractivity contribution is 0.102. The van der Waals surface area contributed by atoms with E-state index in [-0.39, 0.29) is 23.2 Å². The number of carbonyl (C=O) groups is 1. The van der Waals surface area contributed by atoms with Crippen LogP contribution in [0.2, 0.25) is 0 Å². The number of Topliss-reactive ketones (excluding diaryl/α,β-unsaturated/α-hetero) is 1. The van der Waals surface area contributed by atoms with Crippen LogP contribution in [0.4, 0.5) is 0 Å². The van der Waals surface area contributed by atoms with Crippen LogP contribution in [-0.4, -0.2) is 50.8 Å². The van der Waals surface area contributed by atoms with Gasteiger partial charge < -0.3 is 9.13 Å². The van der Waals surface area contributed by atoms with Gasteiger partial charge in [-0.15, -0.1) is 10.2 Å². The van der Waals surface area contributed by atoms with E-state index in [4.69, 9.17) is 0 Å². The molecule has 0 bridgehead atoms. The van der Waals surface area contributed by atoms with Crippen LogP contribution in [0.5, 0.6) is 0 Å². The summed E-state index contributed by atoms with van der Waals surface area (Å²) in [5, 5.41) is 9.15. The van der Waals surface area contributed by atoms with Crippen molar-refractivity contribution in [3.63, 3.8) is 0 Å². The van der Waals surface area contributed by atoms with Gasteiger partial charge in [0, 0.05) is 37.0 Å². The van der Waals surface area contributed by atoms with Crippen molar-refractivity contribution in [1.29, 1.82) is 0 Å². The third-order valence-electron chi connectivity index (χ3n) is 5.86. The maximum Gasteiger partial charge on any atom is 0.191 e. The van der Waals surface area contributed by atoms with Gasteiger partial charge in [0.15, 0.2) is 20.8 Å². The van der Waals surface area contributed by atoms with Crippen molar-refractivity contribution >= 4 is 27.4 Å². The minimum Gasteiger partial charge on any atom is -0.348 e. The van der Waals surface area contributed by atoms with Crippen molar-refractivity contribution < 1.29 is 13.2 Å². The second kappa shape index (κ2) is 9.26. The van der Waals surface area contributed by atoms with Gasteiger partial charge in [0.1, 0.15) is 5.82 Å². The van der Waals surface area contributed by atoms with Crippen LogP contribution in [0.1, 0.15) is 54.3 Å². The largest absolute Gasteiger partial charge is 0.348 e. The molecule has 0 amide bonds. The van der Waals surface area contributed by atoms with E-state index in [9.17, 15) is 13.2 Å². The predicted octanol–water partition coefficient (Wildman–Crippen LogP) is 3.23. The quantitative estimate of drug-likeness (QED) is 0.429. The predicted molar refractivity (Wildman–Crippen MR) is 120 cm³/mol. The molecule has 2 aromatic rings. The van der Waals surface area contributed by atoms with E-state index in [0.29, 0.717) is 29.7 Å². The Hall–Kier alpha value is -1.61. The van der Waals surface area contributed by atoms with E-state index in [2.05, 4.69) is 35.5 Å². The van der Waals surface area contributed by atoms with Gasteiger partial charge in [0.25, 0.3) is 0 Å². The molecule has 0 aliphatic carbocycles. The average molecular weight is 453 g/mol. The molecule has 30 heavy (non-hydrogen) atoms. The third kappa shape index (κ3) is 5.35. The van der Waals surface area contributed by atoms with E-state index in [0.717, 1.165) is 35.7 Å². The maximum atomic E-state index is 12.9. The summed E-state index contributed by atoms with van der Waals surface area (Å²) >= 11 is 1.38. The topological polar surface area (TPSA) is 86.9 Å². The van der Waals surface area contributed by atoms with Gasteiger partial charge in [0.2, 0.25) is 0 Å². The second-order valence-electron chi connectivity index (χ2n) is 8.76. The molecule has 1 saturated heterocycles. The molecule has 1 fully saturated rings. The van der Waals surface area contributed by atoms with Crippen LogP contribution in [0.3, 0.4) is 0 Å². The normalized spacial score (nSPS) is 18.4. The SMILES string of the molecule is Cc1cc(C(=O)CSc2nnc(CC3CCS(=O)(=O)C3)n2C)c(C)n1CCC(C)C. The minimum absolute atomic E-state index is 0.0929. The van der Waals surface area contributed by atoms with Crippen molar-refractivity contribution in [2.24, 2.45) is 18.9 Å². The molecule has 3 rings (SSSR count). The zero-order valence-electron chi connectivity index (χ0n) is 18.5. The second-order valence-corrected chi connectivity index (χ2v) is 11.9. The number of aryl methyl sites for hydroxylation is 1. The van der Waals surface area contributed by atoms with Crippen molar-refractivity contribution in [3.05, 3.63) is 28.8 Å². The fraction of sp³-hybridized carbons (Fsp3) is 0.667. The lowest BCUT2D eigenvalue weighted by Crippen LogP contribution is -2.11. The number of hydrogen-bond donors (Lipinski definition) is 0. The van der Waals surface area contributed by atoms with E-state index >= 15 is 0 Å². The zero-order valence-corrected chi connectivity index (χ0v) is 20.1. The van der Waals surface area contributed by atoms with Gasteiger partial charge in [-0.25, -0.2) is 8.42 Å². The standard InChI is InChI=1S/C21H32N4O3S2/c1-14(2)6-8-25-15(3)10-18(16(25)4)19(26)12-29-21-23-22-20(24(21)5)11-17-7-9-30(27,28)13-17/h10,14,17H,6-9,11-13H2,1-5H3.